The molecule has 21 heavy (non-hydrogen) atoms. The van der Waals surface area contributed by atoms with E-state index in [1.54, 1.807) is 19.1 Å². The third-order valence-electron chi connectivity index (χ3n) is 3.25. The standard InChI is InChI=1S/C16H16FN3O/c1-10-13(15(21)16(2,3)4)9-19-20(10)12-6-5-11(8-18)14(17)7-12/h5-7,9H,1-4H3. The fraction of sp³-hybridized carbons (Fsp3) is 0.312. The first kappa shape index (κ1) is 14.9. The van der Waals surface area contributed by atoms with Crippen LogP contribution in [0.5, 0.6) is 0 Å². The van der Waals surface area contributed by atoms with Gasteiger partial charge in [0.05, 0.1) is 28.7 Å². The molecule has 0 unspecified atom stereocenters. The Morgan fingerprint density at radius 3 is 2.57 bits per heavy atom. The van der Waals surface area contributed by atoms with Crippen LogP contribution in [0.15, 0.2) is 24.4 Å². The van der Waals surface area contributed by atoms with Crippen LogP contribution in [0.4, 0.5) is 4.39 Å². The summed E-state index contributed by atoms with van der Waals surface area (Å²) in [5.41, 5.74) is 1.13. The predicted molar refractivity (Wildman–Crippen MR) is 76.8 cm³/mol. The number of carbonyl (C=O) groups excluding carboxylic acids is 1. The van der Waals surface area contributed by atoms with Gasteiger partial charge in [-0.2, -0.15) is 10.4 Å². The van der Waals surface area contributed by atoms with E-state index in [-0.39, 0.29) is 11.3 Å². The van der Waals surface area contributed by atoms with Crippen LogP contribution < -0.4 is 0 Å². The van der Waals surface area contributed by atoms with Crippen LogP contribution in [0.1, 0.15) is 42.4 Å². The molecule has 2 aromatic rings. The monoisotopic (exact) mass is 285 g/mol. The molecule has 1 aromatic heterocycles. The molecule has 1 heterocycles. The van der Waals surface area contributed by atoms with Crippen molar-refractivity contribution in [1.82, 2.24) is 9.78 Å². The summed E-state index contributed by atoms with van der Waals surface area (Å²) in [5, 5.41) is 12.9. The van der Waals surface area contributed by atoms with Crippen molar-refractivity contribution in [3.8, 4) is 11.8 Å². The first-order valence-corrected chi connectivity index (χ1v) is 6.55. The first-order chi connectivity index (χ1) is 9.75. The Labute approximate surface area is 122 Å². The van der Waals surface area contributed by atoms with Crippen LogP contribution in [0, 0.1) is 29.5 Å². The lowest BCUT2D eigenvalue weighted by Crippen LogP contribution is -2.20. The molecule has 4 nitrogen and oxygen atoms in total. The molecule has 0 amide bonds. The van der Waals surface area contributed by atoms with Crippen LogP contribution in [0.3, 0.4) is 0 Å². The Hall–Kier alpha value is -2.48. The van der Waals surface area contributed by atoms with E-state index in [2.05, 4.69) is 5.10 Å². The van der Waals surface area contributed by atoms with E-state index in [0.717, 1.165) is 0 Å². The van der Waals surface area contributed by atoms with Crippen LogP contribution in [0.25, 0.3) is 5.69 Å². The molecule has 0 aliphatic carbocycles. The quantitative estimate of drug-likeness (QED) is 0.794. The van der Waals surface area contributed by atoms with Gasteiger partial charge in [-0.05, 0) is 19.1 Å². The summed E-state index contributed by atoms with van der Waals surface area (Å²) >= 11 is 0. The Balaban J connectivity index is 2.49. The van der Waals surface area contributed by atoms with Gasteiger partial charge in [-0.15, -0.1) is 0 Å². The minimum absolute atomic E-state index is 0.0135. The topological polar surface area (TPSA) is 58.7 Å². The SMILES string of the molecule is Cc1c(C(=O)C(C)(C)C)cnn1-c1ccc(C#N)c(F)c1. The Bertz CT molecular complexity index is 748. The van der Waals surface area contributed by atoms with Crippen molar-refractivity contribution in [2.45, 2.75) is 27.7 Å². The molecule has 5 heteroatoms. The van der Waals surface area contributed by atoms with Crippen molar-refractivity contribution < 1.29 is 9.18 Å². The number of halogens is 1. The number of benzene rings is 1. The zero-order chi connectivity index (χ0) is 15.8. The van der Waals surface area contributed by atoms with Gasteiger partial charge in [-0.25, -0.2) is 9.07 Å². The minimum Gasteiger partial charge on any atom is -0.293 e. The number of aromatic nitrogens is 2. The highest BCUT2D eigenvalue weighted by Gasteiger charge is 2.26. The Kier molecular flexibility index (Phi) is 3.65. The molecule has 1 aromatic carbocycles. The van der Waals surface area contributed by atoms with Crippen molar-refractivity contribution in [2.24, 2.45) is 5.41 Å². The molecule has 0 aliphatic rings. The summed E-state index contributed by atoms with van der Waals surface area (Å²) in [6.45, 7) is 7.29. The zero-order valence-electron chi connectivity index (χ0n) is 12.4. The predicted octanol–water partition coefficient (Wildman–Crippen LogP) is 3.42. The lowest BCUT2D eigenvalue weighted by Gasteiger charge is -2.16. The maximum absolute atomic E-state index is 13.7. The average molecular weight is 285 g/mol. The lowest BCUT2D eigenvalue weighted by atomic mass is 9.87. The smallest absolute Gasteiger partial charge is 0.171 e. The van der Waals surface area contributed by atoms with Crippen LogP contribution >= 0.6 is 0 Å². The normalized spacial score (nSPS) is 11.2. The molecule has 0 saturated carbocycles. The summed E-state index contributed by atoms with van der Waals surface area (Å²) in [7, 11) is 0. The Morgan fingerprint density at radius 2 is 2.05 bits per heavy atom. The van der Waals surface area contributed by atoms with E-state index in [9.17, 15) is 9.18 Å². The summed E-state index contributed by atoms with van der Waals surface area (Å²) in [5.74, 6) is -0.617. The molecule has 0 spiro atoms. The van der Waals surface area contributed by atoms with E-state index in [4.69, 9.17) is 5.26 Å². The molecular formula is C16H16FN3O. The van der Waals surface area contributed by atoms with Gasteiger partial charge in [-0.1, -0.05) is 20.8 Å². The number of nitriles is 1. The van der Waals surface area contributed by atoms with E-state index in [1.165, 1.54) is 23.0 Å². The van der Waals surface area contributed by atoms with Crippen LogP contribution in [-0.4, -0.2) is 15.6 Å². The number of carbonyl (C=O) groups is 1. The van der Waals surface area contributed by atoms with Gasteiger partial charge in [-0.3, -0.25) is 4.79 Å². The highest BCUT2D eigenvalue weighted by Crippen LogP contribution is 2.24. The molecule has 0 aliphatic heterocycles. The van der Waals surface area contributed by atoms with Gasteiger partial charge in [0, 0.05) is 11.5 Å². The molecule has 0 bridgehead atoms. The molecule has 0 fully saturated rings. The zero-order valence-corrected chi connectivity index (χ0v) is 12.4. The molecule has 0 radical (unpaired) electrons. The fourth-order valence-electron chi connectivity index (χ4n) is 2.02. The van der Waals surface area contributed by atoms with Gasteiger partial charge in [0.15, 0.2) is 5.78 Å². The fourth-order valence-corrected chi connectivity index (χ4v) is 2.02. The molecule has 0 saturated heterocycles. The van der Waals surface area contributed by atoms with Crippen molar-refractivity contribution >= 4 is 5.78 Å². The number of Topliss-reactive ketones (excluding diaryl/α,β-unsaturated/α-hetero) is 1. The second-order valence-electron chi connectivity index (χ2n) is 5.91. The van der Waals surface area contributed by atoms with Crippen molar-refractivity contribution in [3.63, 3.8) is 0 Å². The van der Waals surface area contributed by atoms with Gasteiger partial charge < -0.3 is 0 Å². The largest absolute Gasteiger partial charge is 0.293 e. The first-order valence-electron chi connectivity index (χ1n) is 6.55. The number of rotatable bonds is 2. The number of hydrogen-bond acceptors (Lipinski definition) is 3. The molecule has 108 valence electrons. The highest BCUT2D eigenvalue weighted by atomic mass is 19.1. The van der Waals surface area contributed by atoms with Crippen molar-refractivity contribution in [2.75, 3.05) is 0 Å². The van der Waals surface area contributed by atoms with Crippen LogP contribution in [-0.2, 0) is 0 Å². The van der Waals surface area contributed by atoms with Gasteiger partial charge in [0.2, 0.25) is 0 Å². The highest BCUT2D eigenvalue weighted by molar-refractivity contribution is 6.00. The molecule has 2 rings (SSSR count). The Morgan fingerprint density at radius 1 is 1.38 bits per heavy atom. The lowest BCUT2D eigenvalue weighted by molar-refractivity contribution is 0.0857. The number of hydrogen-bond donors (Lipinski definition) is 0. The van der Waals surface area contributed by atoms with Gasteiger partial charge in [0.1, 0.15) is 11.9 Å². The third-order valence-corrected chi connectivity index (χ3v) is 3.25. The summed E-state index contributed by atoms with van der Waals surface area (Å²) in [4.78, 5) is 12.3. The summed E-state index contributed by atoms with van der Waals surface area (Å²) < 4.78 is 15.2. The summed E-state index contributed by atoms with van der Waals surface area (Å²) in [6, 6.07) is 6.02. The maximum Gasteiger partial charge on any atom is 0.171 e. The second-order valence-corrected chi connectivity index (χ2v) is 5.91. The third kappa shape index (κ3) is 2.70. The van der Waals surface area contributed by atoms with E-state index in [0.29, 0.717) is 16.9 Å². The van der Waals surface area contributed by atoms with Gasteiger partial charge in [0.25, 0.3) is 0 Å². The van der Waals surface area contributed by atoms with Crippen molar-refractivity contribution in [1.29, 1.82) is 5.26 Å². The number of nitrogens with zero attached hydrogens (tertiary/aromatic N) is 3. The molecule has 0 N–H and O–H groups in total. The number of ketones is 1. The summed E-state index contributed by atoms with van der Waals surface area (Å²) in [6.07, 6.45) is 1.50. The minimum atomic E-state index is -0.603. The van der Waals surface area contributed by atoms with E-state index in [1.807, 2.05) is 20.8 Å². The van der Waals surface area contributed by atoms with E-state index < -0.39 is 11.2 Å². The molecule has 0 atom stereocenters. The van der Waals surface area contributed by atoms with Crippen molar-refractivity contribution in [3.05, 3.63) is 47.0 Å². The van der Waals surface area contributed by atoms with Crippen LogP contribution in [0.2, 0.25) is 0 Å². The maximum atomic E-state index is 13.7. The second kappa shape index (κ2) is 5.13. The van der Waals surface area contributed by atoms with E-state index >= 15 is 0 Å². The average Bonchev–Trinajstić information content (AvgIpc) is 2.78. The molecular weight excluding hydrogens is 269 g/mol. The van der Waals surface area contributed by atoms with Gasteiger partial charge >= 0.3 is 0 Å².